The number of benzene rings is 1. The number of aromatic nitrogens is 1. The molecule has 8 nitrogen and oxygen atoms in total. The van der Waals surface area contributed by atoms with E-state index >= 15 is 0 Å². The van der Waals surface area contributed by atoms with Gasteiger partial charge in [-0.25, -0.2) is 0 Å². The number of guanidine groups is 1. The number of H-pyrrole nitrogens is 1. The molecule has 1 amide bonds. The molecule has 20 heavy (non-hydrogen) atoms. The number of hydrogen-bond donors (Lipinski definition) is 3. The third kappa shape index (κ3) is 3.04. The molecule has 2 rings (SSSR count). The number of nitrogens with two attached hydrogens (primary N) is 1. The predicted molar refractivity (Wildman–Crippen MR) is 77.2 cm³/mol. The van der Waals surface area contributed by atoms with E-state index in [4.69, 9.17) is 5.73 Å². The largest absolute Gasteiger partial charge is 0.370 e. The van der Waals surface area contributed by atoms with Gasteiger partial charge in [-0.15, -0.1) is 12.4 Å². The minimum Gasteiger partial charge on any atom is -0.370 e. The van der Waals surface area contributed by atoms with Gasteiger partial charge in [0.1, 0.15) is 5.69 Å². The summed E-state index contributed by atoms with van der Waals surface area (Å²) in [4.78, 5) is 28.3. The van der Waals surface area contributed by atoms with Crippen molar-refractivity contribution in [2.24, 2.45) is 10.7 Å². The number of nitrogens with one attached hydrogen (secondary N) is 2. The maximum atomic E-state index is 11.8. The Morgan fingerprint density at radius 1 is 1.45 bits per heavy atom. The van der Waals surface area contributed by atoms with E-state index in [1.807, 2.05) is 0 Å². The van der Waals surface area contributed by atoms with Crippen molar-refractivity contribution in [3.05, 3.63) is 40.1 Å². The van der Waals surface area contributed by atoms with E-state index in [1.54, 1.807) is 12.1 Å². The van der Waals surface area contributed by atoms with Crippen LogP contribution in [0.4, 0.5) is 5.69 Å². The van der Waals surface area contributed by atoms with E-state index in [0.717, 1.165) is 0 Å². The maximum Gasteiger partial charge on any atom is 0.274 e. The van der Waals surface area contributed by atoms with Crippen molar-refractivity contribution in [3.63, 3.8) is 0 Å². The zero-order chi connectivity index (χ0) is 14.0. The molecule has 1 heterocycles. The highest BCUT2D eigenvalue weighted by atomic mass is 35.5. The Bertz CT molecular complexity index is 694. The van der Waals surface area contributed by atoms with Crippen LogP contribution in [0.3, 0.4) is 0 Å². The first-order valence-electron chi connectivity index (χ1n) is 5.32. The molecule has 0 aliphatic carbocycles. The van der Waals surface area contributed by atoms with Crippen molar-refractivity contribution < 1.29 is 9.72 Å². The molecule has 0 unspecified atom stereocenters. The lowest BCUT2D eigenvalue weighted by molar-refractivity contribution is -0.384. The van der Waals surface area contributed by atoms with Gasteiger partial charge in [-0.3, -0.25) is 25.2 Å². The minimum absolute atomic E-state index is 0. The Morgan fingerprint density at radius 3 is 2.75 bits per heavy atom. The summed E-state index contributed by atoms with van der Waals surface area (Å²) in [6.07, 6.45) is 0. The molecule has 0 saturated heterocycles. The average Bonchev–Trinajstić information content (AvgIpc) is 2.81. The van der Waals surface area contributed by atoms with Gasteiger partial charge in [0.2, 0.25) is 0 Å². The number of non-ortho nitro benzene ring substituents is 1. The van der Waals surface area contributed by atoms with E-state index < -0.39 is 10.8 Å². The summed E-state index contributed by atoms with van der Waals surface area (Å²) >= 11 is 0. The number of carbonyl (C=O) groups excluding carboxylic acids is 1. The van der Waals surface area contributed by atoms with Crippen molar-refractivity contribution in [1.29, 1.82) is 0 Å². The Labute approximate surface area is 119 Å². The average molecular weight is 298 g/mol. The Hall–Kier alpha value is -2.61. The SMILES string of the molecule is CN=C(N)NC(=O)c1cc2ccc([N+](=O)[O-])cc2[nH]1.Cl. The summed E-state index contributed by atoms with van der Waals surface area (Å²) in [6.45, 7) is 0. The normalized spacial score (nSPS) is 10.9. The predicted octanol–water partition coefficient (Wildman–Crippen LogP) is 1.17. The van der Waals surface area contributed by atoms with Crippen LogP contribution in [0.2, 0.25) is 0 Å². The minimum atomic E-state index is -0.498. The molecule has 1 aromatic heterocycles. The van der Waals surface area contributed by atoms with Crippen LogP contribution in [0, 0.1) is 10.1 Å². The van der Waals surface area contributed by atoms with Crippen LogP contribution in [-0.2, 0) is 0 Å². The number of aliphatic imine (C=N–C) groups is 1. The van der Waals surface area contributed by atoms with Crippen LogP contribution in [0.1, 0.15) is 10.5 Å². The molecule has 0 saturated carbocycles. The molecule has 1 aromatic carbocycles. The number of nitro benzene ring substituents is 1. The fourth-order valence-corrected chi connectivity index (χ4v) is 1.59. The number of fused-ring (bicyclic) bond motifs is 1. The summed E-state index contributed by atoms with van der Waals surface area (Å²) in [6, 6.07) is 5.89. The zero-order valence-corrected chi connectivity index (χ0v) is 11.2. The third-order valence-electron chi connectivity index (χ3n) is 2.54. The van der Waals surface area contributed by atoms with E-state index in [0.29, 0.717) is 10.9 Å². The summed E-state index contributed by atoms with van der Waals surface area (Å²) in [5, 5.41) is 13.7. The Kier molecular flexibility index (Phi) is 4.65. The molecule has 0 aliphatic rings. The topological polar surface area (TPSA) is 126 Å². The molecule has 0 atom stereocenters. The standard InChI is InChI=1S/C11H11N5O3.ClH/c1-13-11(12)15-10(17)9-4-6-2-3-7(16(18)19)5-8(6)14-9;/h2-5,14H,1H3,(H3,12,13,15,17);1H. The lowest BCUT2D eigenvalue weighted by atomic mass is 10.2. The monoisotopic (exact) mass is 297 g/mol. The van der Waals surface area contributed by atoms with Crippen molar-refractivity contribution >= 4 is 40.9 Å². The molecular formula is C11H12ClN5O3. The highest BCUT2D eigenvalue weighted by Crippen LogP contribution is 2.21. The van der Waals surface area contributed by atoms with Crippen molar-refractivity contribution in [1.82, 2.24) is 10.3 Å². The number of aromatic amines is 1. The summed E-state index contributed by atoms with van der Waals surface area (Å²) in [5.41, 5.74) is 6.10. The number of halogens is 1. The first-order valence-corrected chi connectivity index (χ1v) is 5.32. The van der Waals surface area contributed by atoms with Crippen molar-refractivity contribution in [3.8, 4) is 0 Å². The molecule has 4 N–H and O–H groups in total. The van der Waals surface area contributed by atoms with Crippen LogP contribution in [0.5, 0.6) is 0 Å². The lowest BCUT2D eigenvalue weighted by Crippen LogP contribution is -2.36. The van der Waals surface area contributed by atoms with Crippen LogP contribution >= 0.6 is 12.4 Å². The van der Waals surface area contributed by atoms with Gasteiger partial charge in [-0.1, -0.05) is 0 Å². The fraction of sp³-hybridized carbons (Fsp3) is 0.0909. The summed E-state index contributed by atoms with van der Waals surface area (Å²) in [7, 11) is 1.45. The lowest BCUT2D eigenvalue weighted by Gasteiger charge is -2.00. The Balaban J connectivity index is 0.00000200. The van der Waals surface area contributed by atoms with Crippen molar-refractivity contribution in [2.45, 2.75) is 0 Å². The fourth-order valence-electron chi connectivity index (χ4n) is 1.59. The molecule has 0 aliphatic heterocycles. The zero-order valence-electron chi connectivity index (χ0n) is 10.4. The molecule has 0 fully saturated rings. The third-order valence-corrected chi connectivity index (χ3v) is 2.54. The molecule has 106 valence electrons. The highest BCUT2D eigenvalue weighted by Gasteiger charge is 2.12. The molecule has 0 radical (unpaired) electrons. The van der Waals surface area contributed by atoms with Crippen molar-refractivity contribution in [2.75, 3.05) is 7.05 Å². The second kappa shape index (κ2) is 6.02. The van der Waals surface area contributed by atoms with Gasteiger partial charge in [0, 0.05) is 24.6 Å². The van der Waals surface area contributed by atoms with E-state index in [2.05, 4.69) is 15.3 Å². The van der Waals surface area contributed by atoms with Crippen LogP contribution in [0.25, 0.3) is 10.9 Å². The quantitative estimate of drug-likeness (QED) is 0.333. The maximum absolute atomic E-state index is 11.8. The van der Waals surface area contributed by atoms with Gasteiger partial charge >= 0.3 is 0 Å². The van der Waals surface area contributed by atoms with Gasteiger partial charge in [0.25, 0.3) is 11.6 Å². The molecule has 2 aromatic rings. The van der Waals surface area contributed by atoms with Gasteiger partial charge < -0.3 is 10.7 Å². The number of nitrogens with zero attached hydrogens (tertiary/aromatic N) is 2. The first kappa shape index (κ1) is 15.4. The molecule has 9 heteroatoms. The van der Waals surface area contributed by atoms with Gasteiger partial charge in [-0.05, 0) is 12.1 Å². The smallest absolute Gasteiger partial charge is 0.274 e. The first-order chi connectivity index (χ1) is 9.01. The Morgan fingerprint density at radius 2 is 2.15 bits per heavy atom. The van der Waals surface area contributed by atoms with Gasteiger partial charge in [-0.2, -0.15) is 0 Å². The summed E-state index contributed by atoms with van der Waals surface area (Å²) in [5.74, 6) is -0.461. The molecular weight excluding hydrogens is 286 g/mol. The van der Waals surface area contributed by atoms with Crippen LogP contribution in [0.15, 0.2) is 29.3 Å². The second-order valence-corrected chi connectivity index (χ2v) is 3.77. The van der Waals surface area contributed by atoms with E-state index in [9.17, 15) is 14.9 Å². The highest BCUT2D eigenvalue weighted by molar-refractivity contribution is 6.06. The number of rotatable bonds is 2. The second-order valence-electron chi connectivity index (χ2n) is 3.77. The van der Waals surface area contributed by atoms with E-state index in [1.165, 1.54) is 19.2 Å². The van der Waals surface area contributed by atoms with Crippen LogP contribution in [-0.4, -0.2) is 28.8 Å². The molecule has 0 spiro atoms. The summed E-state index contributed by atoms with van der Waals surface area (Å²) < 4.78 is 0. The van der Waals surface area contributed by atoms with Gasteiger partial charge in [0.05, 0.1) is 10.4 Å². The number of carbonyl (C=O) groups is 1. The number of amides is 1. The number of nitro groups is 1. The molecule has 0 bridgehead atoms. The van der Waals surface area contributed by atoms with Crippen LogP contribution < -0.4 is 11.1 Å². The van der Waals surface area contributed by atoms with Gasteiger partial charge in [0.15, 0.2) is 5.96 Å². The number of hydrogen-bond acceptors (Lipinski definition) is 4. The van der Waals surface area contributed by atoms with E-state index in [-0.39, 0.29) is 29.7 Å².